The van der Waals surface area contributed by atoms with E-state index in [2.05, 4.69) is 10.3 Å². The highest BCUT2D eigenvalue weighted by atomic mass is 35.5. The number of hydrogen-bond donors (Lipinski definition) is 1. The van der Waals surface area contributed by atoms with Crippen LogP contribution in [-0.4, -0.2) is 30.1 Å². The molecule has 0 radical (unpaired) electrons. The van der Waals surface area contributed by atoms with Gasteiger partial charge < -0.3 is 19.7 Å². The smallest absolute Gasteiger partial charge is 0.231 e. The second-order valence-electron chi connectivity index (χ2n) is 5.79. The van der Waals surface area contributed by atoms with Crippen molar-refractivity contribution in [3.63, 3.8) is 0 Å². The number of aromatic nitrogens is 1. The second-order valence-corrected chi connectivity index (χ2v) is 6.23. The summed E-state index contributed by atoms with van der Waals surface area (Å²) in [5.41, 5.74) is 0.686. The van der Waals surface area contributed by atoms with Crippen molar-refractivity contribution in [2.45, 2.75) is 6.42 Å². The minimum Gasteiger partial charge on any atom is -0.454 e. The molecule has 128 valence electrons. The molecule has 0 spiro atoms. The average molecular weight is 360 g/mol. The molecule has 4 rings (SSSR count). The van der Waals surface area contributed by atoms with Crippen molar-refractivity contribution < 1.29 is 19.1 Å². The summed E-state index contributed by atoms with van der Waals surface area (Å²) in [7, 11) is 0. The minimum absolute atomic E-state index is 0.113. The van der Waals surface area contributed by atoms with Gasteiger partial charge in [-0.15, -0.1) is 0 Å². The standard InChI is InChI=1S/C17H14ClN3O4/c18-11-3-4-19-15(6-11)20-17(23)10-5-16(22)21(8-10)12-1-2-13-14(7-12)25-9-24-13/h1-4,6-7,10H,5,8-9H2,(H,19,20,23). The molecule has 2 amide bonds. The van der Waals surface area contributed by atoms with Gasteiger partial charge in [-0.2, -0.15) is 0 Å². The summed E-state index contributed by atoms with van der Waals surface area (Å²) in [5.74, 6) is 0.785. The van der Waals surface area contributed by atoms with Gasteiger partial charge in [0.25, 0.3) is 0 Å². The Morgan fingerprint density at radius 1 is 1.24 bits per heavy atom. The van der Waals surface area contributed by atoms with E-state index in [1.807, 2.05) is 0 Å². The molecular formula is C17H14ClN3O4. The van der Waals surface area contributed by atoms with Crippen LogP contribution in [0.25, 0.3) is 0 Å². The van der Waals surface area contributed by atoms with E-state index >= 15 is 0 Å². The third-order valence-electron chi connectivity index (χ3n) is 4.14. The summed E-state index contributed by atoms with van der Waals surface area (Å²) < 4.78 is 10.6. The molecule has 1 unspecified atom stereocenters. The van der Waals surface area contributed by atoms with Crippen LogP contribution in [0.15, 0.2) is 36.5 Å². The fraction of sp³-hybridized carbons (Fsp3) is 0.235. The number of rotatable bonds is 3. The van der Waals surface area contributed by atoms with Crippen molar-refractivity contribution >= 4 is 34.9 Å². The highest BCUT2D eigenvalue weighted by Gasteiger charge is 2.35. The van der Waals surface area contributed by atoms with E-state index in [9.17, 15) is 9.59 Å². The van der Waals surface area contributed by atoms with Crippen molar-refractivity contribution in [2.75, 3.05) is 23.6 Å². The van der Waals surface area contributed by atoms with E-state index < -0.39 is 5.92 Å². The van der Waals surface area contributed by atoms with Gasteiger partial charge in [-0.05, 0) is 24.3 Å². The van der Waals surface area contributed by atoms with Gasteiger partial charge in [0.1, 0.15) is 5.82 Å². The highest BCUT2D eigenvalue weighted by Crippen LogP contribution is 2.37. The molecular weight excluding hydrogens is 346 g/mol. The molecule has 2 aromatic rings. The Morgan fingerprint density at radius 3 is 2.92 bits per heavy atom. The van der Waals surface area contributed by atoms with Crippen LogP contribution in [0.5, 0.6) is 11.5 Å². The van der Waals surface area contributed by atoms with Crippen LogP contribution >= 0.6 is 11.6 Å². The highest BCUT2D eigenvalue weighted by molar-refractivity contribution is 6.30. The Balaban J connectivity index is 1.47. The van der Waals surface area contributed by atoms with Gasteiger partial charge in [-0.1, -0.05) is 11.6 Å². The van der Waals surface area contributed by atoms with Crippen LogP contribution in [-0.2, 0) is 9.59 Å². The molecule has 1 N–H and O–H groups in total. The first-order chi connectivity index (χ1) is 12.1. The van der Waals surface area contributed by atoms with Gasteiger partial charge >= 0.3 is 0 Å². The molecule has 1 atom stereocenters. The molecule has 0 bridgehead atoms. The maximum Gasteiger partial charge on any atom is 0.231 e. The first-order valence-electron chi connectivity index (χ1n) is 7.72. The second kappa shape index (κ2) is 6.25. The molecule has 3 heterocycles. The summed E-state index contributed by atoms with van der Waals surface area (Å²) in [6.45, 7) is 0.468. The van der Waals surface area contributed by atoms with Gasteiger partial charge in [0, 0.05) is 35.9 Å². The van der Waals surface area contributed by atoms with Crippen molar-refractivity contribution in [3.05, 3.63) is 41.6 Å². The molecule has 7 nitrogen and oxygen atoms in total. The maximum absolute atomic E-state index is 12.4. The molecule has 25 heavy (non-hydrogen) atoms. The molecule has 1 aromatic carbocycles. The van der Waals surface area contributed by atoms with Gasteiger partial charge in [0.15, 0.2) is 11.5 Å². The van der Waals surface area contributed by atoms with Crippen LogP contribution in [0.3, 0.4) is 0 Å². The zero-order valence-electron chi connectivity index (χ0n) is 13.1. The van der Waals surface area contributed by atoms with E-state index in [0.717, 1.165) is 0 Å². The number of carbonyl (C=O) groups excluding carboxylic acids is 2. The van der Waals surface area contributed by atoms with Gasteiger partial charge in [-0.25, -0.2) is 4.98 Å². The number of pyridine rings is 1. The third kappa shape index (κ3) is 3.10. The Kier molecular flexibility index (Phi) is 3.93. The summed E-state index contributed by atoms with van der Waals surface area (Å²) in [6, 6.07) is 8.47. The third-order valence-corrected chi connectivity index (χ3v) is 4.37. The lowest BCUT2D eigenvalue weighted by Crippen LogP contribution is -2.28. The largest absolute Gasteiger partial charge is 0.454 e. The Bertz CT molecular complexity index is 858. The van der Waals surface area contributed by atoms with Crippen LogP contribution in [0.2, 0.25) is 5.02 Å². The molecule has 1 saturated heterocycles. The first kappa shape index (κ1) is 15.7. The number of benzene rings is 1. The molecule has 8 heteroatoms. The normalized spacial score (nSPS) is 18.5. The molecule has 2 aliphatic heterocycles. The molecule has 2 aliphatic rings. The number of ether oxygens (including phenoxy) is 2. The molecule has 0 saturated carbocycles. The predicted molar refractivity (Wildman–Crippen MR) is 90.9 cm³/mol. The lowest BCUT2D eigenvalue weighted by Gasteiger charge is -2.17. The van der Waals surface area contributed by atoms with Crippen LogP contribution in [0.4, 0.5) is 11.5 Å². The van der Waals surface area contributed by atoms with Crippen molar-refractivity contribution in [2.24, 2.45) is 5.92 Å². The fourth-order valence-corrected chi connectivity index (χ4v) is 3.05. The predicted octanol–water partition coefficient (Wildman–Crippen LogP) is 2.46. The number of anilines is 2. The van der Waals surface area contributed by atoms with E-state index in [1.54, 1.807) is 35.2 Å². The molecule has 0 aliphatic carbocycles. The minimum atomic E-state index is -0.460. The average Bonchev–Trinajstić information content (AvgIpc) is 3.20. The summed E-state index contributed by atoms with van der Waals surface area (Å²) in [5, 5.41) is 3.18. The van der Waals surface area contributed by atoms with Crippen molar-refractivity contribution in [1.29, 1.82) is 0 Å². The van der Waals surface area contributed by atoms with Gasteiger partial charge in [0.05, 0.1) is 5.92 Å². The lowest BCUT2D eigenvalue weighted by molar-refractivity contribution is -0.122. The zero-order chi connectivity index (χ0) is 17.4. The SMILES string of the molecule is O=C(Nc1cc(Cl)ccn1)C1CC(=O)N(c2ccc3c(c2)OCO3)C1. The van der Waals surface area contributed by atoms with Gasteiger partial charge in [-0.3, -0.25) is 9.59 Å². The van der Waals surface area contributed by atoms with E-state index in [0.29, 0.717) is 34.6 Å². The van der Waals surface area contributed by atoms with Crippen LogP contribution in [0.1, 0.15) is 6.42 Å². The number of halogens is 1. The van der Waals surface area contributed by atoms with Crippen molar-refractivity contribution in [1.82, 2.24) is 4.98 Å². The van der Waals surface area contributed by atoms with Crippen LogP contribution < -0.4 is 19.7 Å². The molecule has 1 fully saturated rings. The number of nitrogens with one attached hydrogen (secondary N) is 1. The Hall–Kier alpha value is -2.80. The Morgan fingerprint density at radius 2 is 2.08 bits per heavy atom. The quantitative estimate of drug-likeness (QED) is 0.910. The molecule has 1 aromatic heterocycles. The zero-order valence-corrected chi connectivity index (χ0v) is 13.8. The number of fused-ring (bicyclic) bond motifs is 1. The summed E-state index contributed by atoms with van der Waals surface area (Å²) in [6.07, 6.45) is 1.65. The van der Waals surface area contributed by atoms with Gasteiger partial charge in [0.2, 0.25) is 18.6 Å². The fourth-order valence-electron chi connectivity index (χ4n) is 2.89. The topological polar surface area (TPSA) is 80.8 Å². The number of amides is 2. The summed E-state index contributed by atoms with van der Waals surface area (Å²) in [4.78, 5) is 30.4. The first-order valence-corrected chi connectivity index (χ1v) is 8.10. The summed E-state index contributed by atoms with van der Waals surface area (Å²) >= 11 is 5.89. The van der Waals surface area contributed by atoms with E-state index in [-0.39, 0.29) is 25.0 Å². The van der Waals surface area contributed by atoms with Crippen LogP contribution in [0, 0.1) is 5.92 Å². The van der Waals surface area contributed by atoms with E-state index in [4.69, 9.17) is 21.1 Å². The monoisotopic (exact) mass is 359 g/mol. The maximum atomic E-state index is 12.4. The lowest BCUT2D eigenvalue weighted by atomic mass is 10.1. The van der Waals surface area contributed by atoms with E-state index in [1.165, 1.54) is 6.20 Å². The number of hydrogen-bond acceptors (Lipinski definition) is 5. The van der Waals surface area contributed by atoms with Crippen molar-refractivity contribution in [3.8, 4) is 11.5 Å². The number of carbonyl (C=O) groups is 2. The Labute approximate surface area is 148 Å². The number of nitrogens with zero attached hydrogens (tertiary/aromatic N) is 2.